The molecule has 0 aliphatic heterocycles. The van der Waals surface area contributed by atoms with Crippen molar-refractivity contribution in [2.45, 2.75) is 11.1 Å². The summed E-state index contributed by atoms with van der Waals surface area (Å²) in [6.45, 7) is 1.50. The topological polar surface area (TPSA) is 128 Å². The number of hydrogen-bond acceptors (Lipinski definition) is 8. The van der Waals surface area contributed by atoms with Crippen LogP contribution in [0, 0.1) is 6.92 Å². The summed E-state index contributed by atoms with van der Waals surface area (Å²) in [5, 5.41) is 11.1. The Hall–Kier alpha value is -1.43. The lowest BCUT2D eigenvalue weighted by molar-refractivity contribution is 0.103. The highest BCUT2D eigenvalue weighted by atomic mass is 32.2. The summed E-state index contributed by atoms with van der Waals surface area (Å²) < 4.78 is 25.9. The number of hydrogen-bond donors (Lipinski definition) is 2. The number of nitrogens with zero attached hydrogens (tertiary/aromatic N) is 3. The van der Waals surface area contributed by atoms with Crippen LogP contribution in [0.15, 0.2) is 10.4 Å². The van der Waals surface area contributed by atoms with Crippen LogP contribution >= 0.6 is 22.9 Å². The van der Waals surface area contributed by atoms with Gasteiger partial charge in [0.1, 0.15) is 4.88 Å². The van der Waals surface area contributed by atoms with Crippen LogP contribution in [0.4, 0.5) is 5.13 Å². The highest BCUT2D eigenvalue weighted by Gasteiger charge is 2.19. The molecule has 0 saturated heterocycles. The van der Waals surface area contributed by atoms with Crippen LogP contribution in [0.25, 0.3) is 0 Å². The molecule has 8 nitrogen and oxygen atoms in total. The molecule has 0 aliphatic rings. The second kappa shape index (κ2) is 4.68. The summed E-state index contributed by atoms with van der Waals surface area (Å²) in [6, 6.07) is 0. The Morgan fingerprint density at radius 3 is 2.72 bits per heavy atom. The molecule has 2 heterocycles. The average molecular weight is 305 g/mol. The fourth-order valence-electron chi connectivity index (χ4n) is 1.13. The highest BCUT2D eigenvalue weighted by Crippen LogP contribution is 2.26. The van der Waals surface area contributed by atoms with Gasteiger partial charge in [-0.05, 0) is 18.5 Å². The van der Waals surface area contributed by atoms with Gasteiger partial charge in [-0.25, -0.2) is 18.5 Å². The Kier molecular flexibility index (Phi) is 3.38. The molecule has 0 aromatic carbocycles. The minimum absolute atomic E-state index is 0.0692. The van der Waals surface area contributed by atoms with E-state index in [1.807, 2.05) is 0 Å². The van der Waals surface area contributed by atoms with Gasteiger partial charge < -0.3 is 0 Å². The lowest BCUT2D eigenvalue weighted by atomic mass is 10.5. The predicted molar refractivity (Wildman–Crippen MR) is 66.1 cm³/mol. The molecule has 0 bridgehead atoms. The Labute approximate surface area is 110 Å². The minimum Gasteiger partial charge on any atom is -0.297 e. The van der Waals surface area contributed by atoms with Crippen LogP contribution in [-0.4, -0.2) is 28.9 Å². The van der Waals surface area contributed by atoms with Gasteiger partial charge in [-0.15, -0.1) is 5.10 Å². The largest absolute Gasteiger partial charge is 0.297 e. The lowest BCUT2D eigenvalue weighted by Crippen LogP contribution is -2.11. The summed E-state index contributed by atoms with van der Waals surface area (Å²) in [4.78, 5) is 15.9. The third kappa shape index (κ3) is 2.69. The average Bonchev–Trinajstić information content (AvgIpc) is 2.85. The zero-order valence-electron chi connectivity index (χ0n) is 8.95. The normalized spacial score (nSPS) is 11.4. The van der Waals surface area contributed by atoms with E-state index in [0.717, 1.165) is 22.9 Å². The van der Waals surface area contributed by atoms with Gasteiger partial charge in [0, 0.05) is 0 Å². The first-order valence-corrected chi connectivity index (χ1v) is 7.60. The number of anilines is 1. The number of nitrogens with one attached hydrogen (secondary N) is 1. The Morgan fingerprint density at radius 2 is 2.22 bits per heavy atom. The minimum atomic E-state index is -3.82. The summed E-state index contributed by atoms with van der Waals surface area (Å²) in [5.41, 5.74) is 0.250. The molecular formula is C7H7N5O3S3. The molecule has 0 saturated carbocycles. The van der Waals surface area contributed by atoms with Crippen molar-refractivity contribution >= 4 is 43.9 Å². The molecule has 0 radical (unpaired) electrons. The summed E-state index contributed by atoms with van der Waals surface area (Å²) in [6.07, 6.45) is 1.31. The first kappa shape index (κ1) is 13.0. The number of carbonyl (C=O) groups excluding carboxylic acids is 1. The van der Waals surface area contributed by atoms with E-state index in [1.165, 1.54) is 13.1 Å². The van der Waals surface area contributed by atoms with Crippen molar-refractivity contribution in [1.29, 1.82) is 0 Å². The molecule has 0 aliphatic carbocycles. The molecule has 3 N–H and O–H groups in total. The summed E-state index contributed by atoms with van der Waals surface area (Å²) in [7, 11) is -3.82. The van der Waals surface area contributed by atoms with Crippen molar-refractivity contribution in [3.8, 4) is 0 Å². The highest BCUT2D eigenvalue weighted by molar-refractivity contribution is 7.91. The number of carbonyl (C=O) groups is 1. The molecule has 2 aromatic rings. The molecule has 2 aromatic heterocycles. The Bertz CT molecular complexity index is 675. The molecule has 18 heavy (non-hydrogen) atoms. The van der Waals surface area contributed by atoms with E-state index < -0.39 is 15.9 Å². The fraction of sp³-hybridized carbons (Fsp3) is 0.143. The summed E-state index contributed by atoms with van der Waals surface area (Å²) >= 11 is 1.73. The van der Waals surface area contributed by atoms with Gasteiger partial charge in [-0.1, -0.05) is 15.8 Å². The van der Waals surface area contributed by atoms with Crippen molar-refractivity contribution < 1.29 is 13.2 Å². The van der Waals surface area contributed by atoms with Gasteiger partial charge in [-0.3, -0.25) is 10.1 Å². The zero-order chi connectivity index (χ0) is 13.3. The molecule has 0 atom stereocenters. The third-order valence-corrected chi connectivity index (χ3v) is 5.11. The van der Waals surface area contributed by atoms with E-state index in [-0.39, 0.29) is 15.0 Å². The van der Waals surface area contributed by atoms with Gasteiger partial charge in [-0.2, -0.15) is 0 Å². The first-order valence-electron chi connectivity index (χ1n) is 4.47. The molecule has 0 fully saturated rings. The zero-order valence-corrected chi connectivity index (χ0v) is 11.4. The maximum Gasteiger partial charge on any atom is 0.270 e. The SMILES string of the molecule is Cc1nc(NC(=O)c2cnns2)sc1S(N)(=O)=O. The second-order valence-electron chi connectivity index (χ2n) is 3.17. The van der Waals surface area contributed by atoms with Crippen molar-refractivity contribution in [2.24, 2.45) is 5.14 Å². The van der Waals surface area contributed by atoms with Crippen LogP contribution in [0.1, 0.15) is 15.4 Å². The van der Waals surface area contributed by atoms with E-state index in [1.54, 1.807) is 0 Å². The molecule has 1 amide bonds. The summed E-state index contributed by atoms with van der Waals surface area (Å²) in [5.74, 6) is -0.445. The smallest absolute Gasteiger partial charge is 0.270 e. The predicted octanol–water partition coefficient (Wildman–Crippen LogP) is 0.203. The molecule has 0 spiro atoms. The van der Waals surface area contributed by atoms with Gasteiger partial charge in [0.05, 0.1) is 11.9 Å². The van der Waals surface area contributed by atoms with Gasteiger partial charge in [0.15, 0.2) is 9.34 Å². The van der Waals surface area contributed by atoms with Gasteiger partial charge >= 0.3 is 0 Å². The number of aromatic nitrogens is 3. The Balaban J connectivity index is 2.24. The van der Waals surface area contributed by atoms with Gasteiger partial charge in [0.2, 0.25) is 10.0 Å². The number of amides is 1. The molecule has 0 unspecified atom stereocenters. The quantitative estimate of drug-likeness (QED) is 0.833. The third-order valence-electron chi connectivity index (χ3n) is 1.82. The first-order chi connectivity index (χ1) is 8.38. The lowest BCUT2D eigenvalue weighted by Gasteiger charge is -1.95. The molecule has 96 valence electrons. The van der Waals surface area contributed by atoms with Crippen molar-refractivity contribution in [3.05, 3.63) is 16.8 Å². The molecular weight excluding hydrogens is 298 g/mol. The number of thiazole rings is 1. The van der Waals surface area contributed by atoms with Crippen LogP contribution in [0.5, 0.6) is 0 Å². The number of nitrogens with two attached hydrogens (primary N) is 1. The number of aryl methyl sites for hydroxylation is 1. The van der Waals surface area contributed by atoms with E-state index in [4.69, 9.17) is 5.14 Å². The number of rotatable bonds is 3. The number of sulfonamides is 1. The van der Waals surface area contributed by atoms with Crippen molar-refractivity contribution in [2.75, 3.05) is 5.32 Å². The van der Waals surface area contributed by atoms with Crippen LogP contribution in [0.3, 0.4) is 0 Å². The standard InChI is InChI=1S/C7H7N5O3S3/c1-3-6(18(8,14)15)16-7(10-3)11-5(13)4-2-9-12-17-4/h2H,1H3,(H2,8,14,15)(H,10,11,13). The van der Waals surface area contributed by atoms with Crippen molar-refractivity contribution in [1.82, 2.24) is 14.6 Å². The fourth-order valence-corrected chi connectivity index (χ4v) is 3.39. The maximum absolute atomic E-state index is 11.7. The molecule has 2 rings (SSSR count). The second-order valence-corrected chi connectivity index (χ2v) is 6.71. The van der Waals surface area contributed by atoms with E-state index in [9.17, 15) is 13.2 Å². The van der Waals surface area contributed by atoms with E-state index >= 15 is 0 Å². The van der Waals surface area contributed by atoms with E-state index in [2.05, 4.69) is 19.9 Å². The van der Waals surface area contributed by atoms with Crippen LogP contribution in [-0.2, 0) is 10.0 Å². The monoisotopic (exact) mass is 305 g/mol. The van der Waals surface area contributed by atoms with Crippen LogP contribution in [0.2, 0.25) is 0 Å². The number of primary sulfonamides is 1. The van der Waals surface area contributed by atoms with E-state index in [0.29, 0.717) is 4.88 Å². The Morgan fingerprint density at radius 1 is 1.50 bits per heavy atom. The molecule has 11 heteroatoms. The van der Waals surface area contributed by atoms with Crippen molar-refractivity contribution in [3.63, 3.8) is 0 Å². The van der Waals surface area contributed by atoms with Crippen LogP contribution < -0.4 is 10.5 Å². The van der Waals surface area contributed by atoms with Gasteiger partial charge in [0.25, 0.3) is 5.91 Å². The maximum atomic E-state index is 11.7.